The number of ether oxygens (including phenoxy) is 1. The van der Waals surface area contributed by atoms with Gasteiger partial charge in [0.25, 0.3) is 0 Å². The van der Waals surface area contributed by atoms with Gasteiger partial charge in [-0.15, -0.1) is 25.3 Å². The SMILES string of the molecule is CCCOc1c(/C(S)=C(/S)c2ccccc2)cc(CC)cc1C(C)(C)C. The summed E-state index contributed by atoms with van der Waals surface area (Å²) >= 11 is 9.65. The van der Waals surface area contributed by atoms with Crippen LogP contribution in [0.1, 0.15) is 63.3 Å². The van der Waals surface area contributed by atoms with Crippen LogP contribution in [0.15, 0.2) is 42.5 Å². The van der Waals surface area contributed by atoms with E-state index in [0.29, 0.717) is 6.61 Å². The summed E-state index contributed by atoms with van der Waals surface area (Å²) in [5.74, 6) is 0.934. The van der Waals surface area contributed by atoms with E-state index in [0.717, 1.165) is 39.5 Å². The molecule has 2 aromatic carbocycles. The molecular weight excluding hydrogens is 356 g/mol. The molecule has 0 aliphatic rings. The Hall–Kier alpha value is -1.32. The molecule has 1 nitrogen and oxygen atoms in total. The Morgan fingerprint density at radius 3 is 2.15 bits per heavy atom. The van der Waals surface area contributed by atoms with Crippen LogP contribution in [0.5, 0.6) is 5.75 Å². The van der Waals surface area contributed by atoms with E-state index in [1.807, 2.05) is 18.2 Å². The fourth-order valence-electron chi connectivity index (χ4n) is 2.85. The summed E-state index contributed by atoms with van der Waals surface area (Å²) in [5.41, 5.74) is 4.58. The summed E-state index contributed by atoms with van der Waals surface area (Å²) < 4.78 is 6.23. The molecule has 26 heavy (non-hydrogen) atoms. The lowest BCUT2D eigenvalue weighted by molar-refractivity contribution is 0.308. The predicted molar refractivity (Wildman–Crippen MR) is 122 cm³/mol. The zero-order valence-electron chi connectivity index (χ0n) is 16.5. The van der Waals surface area contributed by atoms with Gasteiger partial charge in [-0.3, -0.25) is 0 Å². The van der Waals surface area contributed by atoms with Crippen molar-refractivity contribution >= 4 is 35.1 Å². The third-order valence-corrected chi connectivity index (χ3v) is 5.46. The number of benzene rings is 2. The highest BCUT2D eigenvalue weighted by atomic mass is 32.1. The molecular formula is C23H30OS2. The highest BCUT2D eigenvalue weighted by Crippen LogP contribution is 2.42. The van der Waals surface area contributed by atoms with E-state index >= 15 is 0 Å². The lowest BCUT2D eigenvalue weighted by atomic mass is 9.83. The maximum Gasteiger partial charge on any atom is 0.131 e. The maximum absolute atomic E-state index is 6.23. The number of aryl methyl sites for hydroxylation is 1. The fourth-order valence-corrected chi connectivity index (χ4v) is 3.41. The minimum Gasteiger partial charge on any atom is -0.493 e. The zero-order valence-corrected chi connectivity index (χ0v) is 18.3. The molecule has 0 aromatic heterocycles. The minimum absolute atomic E-state index is 0.0133. The lowest BCUT2D eigenvalue weighted by Crippen LogP contribution is -2.15. The summed E-state index contributed by atoms with van der Waals surface area (Å²) in [6.07, 6.45) is 1.94. The van der Waals surface area contributed by atoms with Gasteiger partial charge in [0, 0.05) is 20.9 Å². The number of hydrogen-bond acceptors (Lipinski definition) is 3. The molecule has 0 spiro atoms. The summed E-state index contributed by atoms with van der Waals surface area (Å²) in [4.78, 5) is 1.72. The van der Waals surface area contributed by atoms with E-state index in [2.05, 4.69) is 58.9 Å². The van der Waals surface area contributed by atoms with Gasteiger partial charge in [0.05, 0.1) is 6.61 Å². The van der Waals surface area contributed by atoms with Crippen molar-refractivity contribution < 1.29 is 4.74 Å². The first-order valence-electron chi connectivity index (χ1n) is 9.27. The molecule has 0 bridgehead atoms. The minimum atomic E-state index is -0.0133. The summed E-state index contributed by atoms with van der Waals surface area (Å²) in [6, 6.07) is 14.6. The Balaban J connectivity index is 2.72. The Labute approximate surface area is 169 Å². The second kappa shape index (κ2) is 9.05. The lowest BCUT2D eigenvalue weighted by Gasteiger charge is -2.26. The highest BCUT2D eigenvalue weighted by Gasteiger charge is 2.24. The van der Waals surface area contributed by atoms with E-state index in [1.165, 1.54) is 11.1 Å². The Bertz CT molecular complexity index is 771. The van der Waals surface area contributed by atoms with Crippen LogP contribution in [0, 0.1) is 0 Å². The maximum atomic E-state index is 6.23. The van der Waals surface area contributed by atoms with E-state index in [-0.39, 0.29) is 5.41 Å². The molecule has 0 heterocycles. The molecule has 0 saturated carbocycles. The van der Waals surface area contributed by atoms with Crippen molar-refractivity contribution in [3.8, 4) is 5.75 Å². The quantitative estimate of drug-likeness (QED) is 0.400. The molecule has 3 heteroatoms. The molecule has 0 amide bonds. The highest BCUT2D eigenvalue weighted by molar-refractivity contribution is 7.96. The molecule has 0 N–H and O–H groups in total. The van der Waals surface area contributed by atoms with E-state index in [9.17, 15) is 0 Å². The number of hydrogen-bond donors (Lipinski definition) is 2. The Kier molecular flexibility index (Phi) is 7.31. The van der Waals surface area contributed by atoms with Gasteiger partial charge in [-0.05, 0) is 35.4 Å². The van der Waals surface area contributed by atoms with Crippen LogP contribution in [0.2, 0.25) is 0 Å². The molecule has 0 saturated heterocycles. The molecule has 0 unspecified atom stereocenters. The number of rotatable bonds is 6. The van der Waals surface area contributed by atoms with Crippen LogP contribution in [0.25, 0.3) is 9.81 Å². The molecule has 2 rings (SSSR count). The monoisotopic (exact) mass is 386 g/mol. The smallest absolute Gasteiger partial charge is 0.131 e. The standard InChI is InChI=1S/C23H30OS2/c1-6-13-24-20-18(14-16(7-2)15-19(20)23(3,4)5)22(26)21(25)17-11-9-8-10-12-17/h8-12,14-15,25-26H,6-7,13H2,1-5H3/b22-21-. The Morgan fingerprint density at radius 1 is 0.962 bits per heavy atom. The van der Waals surface area contributed by atoms with Crippen LogP contribution in [-0.2, 0) is 11.8 Å². The van der Waals surface area contributed by atoms with E-state index < -0.39 is 0 Å². The molecule has 0 aliphatic heterocycles. The first kappa shape index (κ1) is 21.0. The van der Waals surface area contributed by atoms with Gasteiger partial charge in [0.2, 0.25) is 0 Å². The molecule has 140 valence electrons. The van der Waals surface area contributed by atoms with Crippen molar-refractivity contribution in [2.75, 3.05) is 6.61 Å². The van der Waals surface area contributed by atoms with Crippen molar-refractivity contribution in [1.82, 2.24) is 0 Å². The van der Waals surface area contributed by atoms with Gasteiger partial charge in [0.15, 0.2) is 0 Å². The molecule has 0 fully saturated rings. The van der Waals surface area contributed by atoms with Crippen molar-refractivity contribution in [3.05, 3.63) is 64.7 Å². The van der Waals surface area contributed by atoms with Crippen LogP contribution in [-0.4, -0.2) is 6.61 Å². The molecule has 0 aliphatic carbocycles. The summed E-state index contributed by atoms with van der Waals surface area (Å²) in [5, 5.41) is 0. The Morgan fingerprint density at radius 2 is 1.62 bits per heavy atom. The van der Waals surface area contributed by atoms with Gasteiger partial charge in [-0.2, -0.15) is 0 Å². The topological polar surface area (TPSA) is 9.23 Å². The first-order valence-corrected chi connectivity index (χ1v) is 10.2. The number of thiol groups is 2. The van der Waals surface area contributed by atoms with Gasteiger partial charge in [0.1, 0.15) is 5.75 Å². The third-order valence-electron chi connectivity index (χ3n) is 4.34. The van der Waals surface area contributed by atoms with Crippen molar-refractivity contribution in [3.63, 3.8) is 0 Å². The predicted octanol–water partition coefficient (Wildman–Crippen LogP) is 7.02. The fraction of sp³-hybridized carbons (Fsp3) is 0.391. The van der Waals surface area contributed by atoms with Gasteiger partial charge >= 0.3 is 0 Å². The van der Waals surface area contributed by atoms with Crippen LogP contribution >= 0.6 is 25.3 Å². The normalized spacial score (nSPS) is 12.7. The summed E-state index contributed by atoms with van der Waals surface area (Å²) in [7, 11) is 0. The van der Waals surface area contributed by atoms with E-state index in [4.69, 9.17) is 30.0 Å². The zero-order chi connectivity index (χ0) is 19.3. The van der Waals surface area contributed by atoms with Gasteiger partial charge in [-0.1, -0.05) is 71.0 Å². The second-order valence-electron chi connectivity index (χ2n) is 7.54. The van der Waals surface area contributed by atoms with Crippen molar-refractivity contribution in [2.24, 2.45) is 0 Å². The van der Waals surface area contributed by atoms with Crippen LogP contribution < -0.4 is 4.74 Å². The molecule has 0 radical (unpaired) electrons. The van der Waals surface area contributed by atoms with Gasteiger partial charge < -0.3 is 4.74 Å². The van der Waals surface area contributed by atoms with Gasteiger partial charge in [-0.25, -0.2) is 0 Å². The molecule has 2 aromatic rings. The van der Waals surface area contributed by atoms with Crippen molar-refractivity contribution in [1.29, 1.82) is 0 Å². The third kappa shape index (κ3) is 4.89. The van der Waals surface area contributed by atoms with Crippen molar-refractivity contribution in [2.45, 2.75) is 52.9 Å². The largest absolute Gasteiger partial charge is 0.493 e. The van der Waals surface area contributed by atoms with Crippen LogP contribution in [0.4, 0.5) is 0 Å². The first-order chi connectivity index (χ1) is 12.3. The summed E-state index contributed by atoms with van der Waals surface area (Å²) in [6.45, 7) is 11.7. The van der Waals surface area contributed by atoms with Crippen LogP contribution in [0.3, 0.4) is 0 Å². The average molecular weight is 387 g/mol. The van der Waals surface area contributed by atoms with E-state index in [1.54, 1.807) is 0 Å². The second-order valence-corrected chi connectivity index (χ2v) is 8.43. The molecule has 0 atom stereocenters. The average Bonchev–Trinajstić information content (AvgIpc) is 2.64.